The van der Waals surface area contributed by atoms with Gasteiger partial charge in [-0.15, -0.1) is 0 Å². The largest absolute Gasteiger partial charge is 0.465 e. The van der Waals surface area contributed by atoms with Crippen LogP contribution in [0.25, 0.3) is 10.2 Å². The number of esters is 1. The minimum absolute atomic E-state index is 0.00125. The average Bonchev–Trinajstić information content (AvgIpc) is 3.35. The quantitative estimate of drug-likeness (QED) is 0.387. The third-order valence-electron chi connectivity index (χ3n) is 5.07. The first-order valence-electron chi connectivity index (χ1n) is 10.0. The number of ether oxygens (including phenoxy) is 1. The molecule has 2 heterocycles. The number of aryl methyl sites for hydroxylation is 2. The van der Waals surface area contributed by atoms with E-state index >= 15 is 0 Å². The first-order valence-corrected chi connectivity index (χ1v) is 10.9. The van der Waals surface area contributed by atoms with Crippen LogP contribution in [0.15, 0.2) is 42.5 Å². The second kappa shape index (κ2) is 9.07. The molecule has 0 spiro atoms. The van der Waals surface area contributed by atoms with E-state index in [1.807, 2.05) is 19.9 Å². The van der Waals surface area contributed by atoms with Gasteiger partial charge in [0, 0.05) is 23.9 Å². The Morgan fingerprint density at radius 3 is 2.42 bits per heavy atom. The van der Waals surface area contributed by atoms with E-state index in [0.717, 1.165) is 28.8 Å². The van der Waals surface area contributed by atoms with E-state index in [4.69, 9.17) is 4.74 Å². The smallest absolute Gasteiger partial charge is 0.337 e. The summed E-state index contributed by atoms with van der Waals surface area (Å²) < 4.78 is 34.7. The zero-order chi connectivity index (χ0) is 23.7. The summed E-state index contributed by atoms with van der Waals surface area (Å²) in [5, 5.41) is 4.65. The van der Waals surface area contributed by atoms with Gasteiger partial charge < -0.3 is 4.74 Å². The molecule has 0 saturated carbocycles. The summed E-state index contributed by atoms with van der Waals surface area (Å²) >= 11 is 1.02. The molecule has 0 bridgehead atoms. The topological polar surface area (TPSA) is 77.3 Å². The molecule has 10 heteroatoms. The van der Waals surface area contributed by atoms with Crippen LogP contribution in [0.4, 0.5) is 13.9 Å². The van der Waals surface area contributed by atoms with Gasteiger partial charge in [-0.3, -0.25) is 14.4 Å². The third-order valence-corrected chi connectivity index (χ3v) is 6.10. The summed E-state index contributed by atoms with van der Waals surface area (Å²) in [6, 6.07) is 9.88. The number of fused-ring (bicyclic) bond motifs is 1. The number of thiazole rings is 1. The predicted octanol–water partition coefficient (Wildman–Crippen LogP) is 4.52. The minimum Gasteiger partial charge on any atom is -0.465 e. The molecule has 0 unspecified atom stereocenters. The van der Waals surface area contributed by atoms with Gasteiger partial charge in [0.25, 0.3) is 5.91 Å². The molecule has 0 radical (unpaired) electrons. The van der Waals surface area contributed by atoms with Gasteiger partial charge in [-0.1, -0.05) is 11.3 Å². The lowest BCUT2D eigenvalue weighted by Gasteiger charge is -2.20. The maximum absolute atomic E-state index is 14.3. The second-order valence-corrected chi connectivity index (χ2v) is 8.42. The number of aromatic nitrogens is 3. The summed E-state index contributed by atoms with van der Waals surface area (Å²) in [7, 11) is 1.28. The zero-order valence-corrected chi connectivity index (χ0v) is 18.9. The van der Waals surface area contributed by atoms with Crippen LogP contribution in [-0.4, -0.2) is 40.3 Å². The fraction of sp³-hybridized carbons (Fsp3) is 0.217. The number of rotatable bonds is 6. The highest BCUT2D eigenvalue weighted by molar-refractivity contribution is 7.22. The Morgan fingerprint density at radius 1 is 1.09 bits per heavy atom. The van der Waals surface area contributed by atoms with Gasteiger partial charge in [0.1, 0.15) is 11.3 Å². The van der Waals surface area contributed by atoms with E-state index in [-0.39, 0.29) is 17.2 Å². The molecule has 1 amide bonds. The molecule has 2 aromatic carbocycles. The highest BCUT2D eigenvalue weighted by atomic mass is 32.1. The molecule has 0 aliphatic rings. The molecule has 2 aromatic heterocycles. The van der Waals surface area contributed by atoms with Gasteiger partial charge in [-0.25, -0.2) is 18.6 Å². The monoisotopic (exact) mass is 470 g/mol. The number of carbonyl (C=O) groups is 2. The first kappa shape index (κ1) is 22.5. The normalized spacial score (nSPS) is 11.1. The molecular weight excluding hydrogens is 450 g/mol. The summed E-state index contributed by atoms with van der Waals surface area (Å²) in [5.41, 5.74) is 2.39. The van der Waals surface area contributed by atoms with Crippen LogP contribution in [0.3, 0.4) is 0 Å². The van der Waals surface area contributed by atoms with Crippen molar-refractivity contribution in [2.24, 2.45) is 0 Å². The predicted molar refractivity (Wildman–Crippen MR) is 121 cm³/mol. The molecule has 7 nitrogen and oxygen atoms in total. The third kappa shape index (κ3) is 4.61. The number of benzene rings is 2. The summed E-state index contributed by atoms with van der Waals surface area (Å²) in [6.45, 7) is 4.36. The molecule has 170 valence electrons. The van der Waals surface area contributed by atoms with Crippen molar-refractivity contribution in [2.45, 2.75) is 20.4 Å². The van der Waals surface area contributed by atoms with Gasteiger partial charge in [-0.2, -0.15) is 5.10 Å². The van der Waals surface area contributed by atoms with Crippen LogP contribution in [-0.2, 0) is 11.3 Å². The molecule has 0 atom stereocenters. The maximum Gasteiger partial charge on any atom is 0.337 e. The molecule has 4 aromatic rings. The average molecular weight is 471 g/mol. The summed E-state index contributed by atoms with van der Waals surface area (Å²) in [6.07, 6.45) is 0. The van der Waals surface area contributed by atoms with E-state index in [1.165, 1.54) is 42.3 Å². The van der Waals surface area contributed by atoms with Crippen molar-refractivity contribution in [1.29, 1.82) is 0 Å². The highest BCUT2D eigenvalue weighted by Crippen LogP contribution is 2.32. The number of hydrogen-bond donors (Lipinski definition) is 0. The van der Waals surface area contributed by atoms with Crippen LogP contribution in [0.1, 0.15) is 32.1 Å². The van der Waals surface area contributed by atoms with Crippen LogP contribution < -0.4 is 4.90 Å². The van der Waals surface area contributed by atoms with E-state index in [9.17, 15) is 18.4 Å². The number of halogens is 2. The molecule has 4 rings (SSSR count). The Hall–Kier alpha value is -3.66. The molecule has 0 aliphatic carbocycles. The van der Waals surface area contributed by atoms with Gasteiger partial charge in [0.05, 0.1) is 29.6 Å². The Bertz CT molecular complexity index is 1350. The molecular formula is C23H20F2N4O3S. The molecule has 0 N–H and O–H groups in total. The Morgan fingerprint density at radius 2 is 1.79 bits per heavy atom. The number of methoxy groups -OCH3 is 1. The second-order valence-electron chi connectivity index (χ2n) is 7.41. The van der Waals surface area contributed by atoms with Gasteiger partial charge >= 0.3 is 5.97 Å². The van der Waals surface area contributed by atoms with Crippen molar-refractivity contribution in [3.8, 4) is 0 Å². The minimum atomic E-state index is -0.791. The van der Waals surface area contributed by atoms with Crippen LogP contribution in [0.5, 0.6) is 0 Å². The van der Waals surface area contributed by atoms with E-state index in [1.54, 1.807) is 4.68 Å². The van der Waals surface area contributed by atoms with Crippen LogP contribution in [0, 0.1) is 25.5 Å². The lowest BCUT2D eigenvalue weighted by atomic mass is 10.1. The Kier molecular flexibility index (Phi) is 6.19. The SMILES string of the molecule is COC(=O)c1ccc(C(=O)N(CCn2nc(C)cc2C)c2nc3c(F)cc(F)cc3s2)cc1. The van der Waals surface area contributed by atoms with E-state index in [2.05, 4.69) is 10.1 Å². The van der Waals surface area contributed by atoms with Gasteiger partial charge in [0.15, 0.2) is 10.9 Å². The molecule has 0 aliphatic heterocycles. The molecule has 0 fully saturated rings. The van der Waals surface area contributed by atoms with Gasteiger partial charge in [-0.05, 0) is 50.2 Å². The number of anilines is 1. The first-order chi connectivity index (χ1) is 15.8. The van der Waals surface area contributed by atoms with Crippen LogP contribution in [0.2, 0.25) is 0 Å². The highest BCUT2D eigenvalue weighted by Gasteiger charge is 2.23. The molecule has 33 heavy (non-hydrogen) atoms. The summed E-state index contributed by atoms with van der Waals surface area (Å²) in [4.78, 5) is 30.8. The Balaban J connectivity index is 1.70. The maximum atomic E-state index is 14.3. The van der Waals surface area contributed by atoms with Crippen LogP contribution >= 0.6 is 11.3 Å². The van der Waals surface area contributed by atoms with Crippen molar-refractivity contribution >= 4 is 38.6 Å². The number of hydrogen-bond acceptors (Lipinski definition) is 6. The number of carbonyl (C=O) groups excluding carboxylic acids is 2. The number of amides is 1. The Labute approximate surface area is 192 Å². The number of nitrogens with zero attached hydrogens (tertiary/aromatic N) is 4. The lowest BCUT2D eigenvalue weighted by molar-refractivity contribution is 0.0600. The fourth-order valence-electron chi connectivity index (χ4n) is 3.46. The molecule has 0 saturated heterocycles. The van der Waals surface area contributed by atoms with Crippen molar-refractivity contribution in [3.63, 3.8) is 0 Å². The summed E-state index contributed by atoms with van der Waals surface area (Å²) in [5.74, 6) is -2.41. The fourth-order valence-corrected chi connectivity index (χ4v) is 4.49. The van der Waals surface area contributed by atoms with Crippen molar-refractivity contribution < 1.29 is 23.1 Å². The van der Waals surface area contributed by atoms with Crippen molar-refractivity contribution in [3.05, 3.63) is 76.6 Å². The van der Waals surface area contributed by atoms with Gasteiger partial charge in [0.2, 0.25) is 0 Å². The van der Waals surface area contributed by atoms with E-state index < -0.39 is 23.5 Å². The van der Waals surface area contributed by atoms with E-state index in [0.29, 0.717) is 22.4 Å². The zero-order valence-electron chi connectivity index (χ0n) is 18.1. The van der Waals surface area contributed by atoms with Crippen molar-refractivity contribution in [1.82, 2.24) is 14.8 Å². The standard InChI is InChI=1S/C23H20F2N4O3S/c1-13-10-14(2)29(27-13)9-8-28(21(30)15-4-6-16(7-5-15)22(31)32-3)23-26-20-18(25)11-17(24)12-19(20)33-23/h4-7,10-12H,8-9H2,1-3H3. The lowest BCUT2D eigenvalue weighted by Crippen LogP contribution is -2.34. The van der Waals surface area contributed by atoms with Crippen molar-refractivity contribution in [2.75, 3.05) is 18.6 Å².